The number of aryl methyl sites for hydroxylation is 1. The first-order valence-electron chi connectivity index (χ1n) is 7.49. The average Bonchev–Trinajstić information content (AvgIpc) is 2.68. The number of nitrogens with zero attached hydrogens (tertiary/aromatic N) is 2. The van der Waals surface area contributed by atoms with E-state index in [1.54, 1.807) is 30.9 Å². The van der Waals surface area contributed by atoms with Crippen LogP contribution < -0.4 is 5.32 Å². The lowest BCUT2D eigenvalue weighted by molar-refractivity contribution is -0.128. The SMILES string of the molecule is CC(=O)N1CCCN(CC(=O)Nc2ccc(C)c(F)c2)CC1. The molecule has 0 atom stereocenters. The van der Waals surface area contributed by atoms with Crippen LogP contribution >= 0.6 is 0 Å². The van der Waals surface area contributed by atoms with E-state index in [1.807, 2.05) is 4.90 Å². The van der Waals surface area contributed by atoms with Crippen LogP contribution in [0.15, 0.2) is 18.2 Å². The first kappa shape index (κ1) is 16.4. The fraction of sp³-hybridized carbons (Fsp3) is 0.500. The average molecular weight is 307 g/mol. The van der Waals surface area contributed by atoms with Crippen molar-refractivity contribution in [3.8, 4) is 0 Å². The van der Waals surface area contributed by atoms with Crippen LogP contribution in [0.25, 0.3) is 0 Å². The van der Waals surface area contributed by atoms with Crippen molar-refractivity contribution in [2.75, 3.05) is 38.0 Å². The lowest BCUT2D eigenvalue weighted by Gasteiger charge is -2.20. The van der Waals surface area contributed by atoms with Crippen LogP contribution in [0.2, 0.25) is 0 Å². The first-order valence-corrected chi connectivity index (χ1v) is 7.49. The van der Waals surface area contributed by atoms with Crippen molar-refractivity contribution in [1.29, 1.82) is 0 Å². The molecule has 5 nitrogen and oxygen atoms in total. The van der Waals surface area contributed by atoms with Crippen molar-refractivity contribution in [1.82, 2.24) is 9.80 Å². The lowest BCUT2D eigenvalue weighted by Crippen LogP contribution is -2.37. The maximum atomic E-state index is 13.5. The van der Waals surface area contributed by atoms with Crippen molar-refractivity contribution in [2.45, 2.75) is 20.3 Å². The highest BCUT2D eigenvalue weighted by Crippen LogP contribution is 2.13. The van der Waals surface area contributed by atoms with E-state index in [9.17, 15) is 14.0 Å². The van der Waals surface area contributed by atoms with Gasteiger partial charge in [-0.2, -0.15) is 0 Å². The Hall–Kier alpha value is -1.95. The molecular formula is C16H22FN3O2. The van der Waals surface area contributed by atoms with Crippen molar-refractivity contribution >= 4 is 17.5 Å². The van der Waals surface area contributed by atoms with Gasteiger partial charge in [-0.15, -0.1) is 0 Å². The Morgan fingerprint density at radius 2 is 2.00 bits per heavy atom. The Morgan fingerprint density at radius 1 is 1.23 bits per heavy atom. The van der Waals surface area contributed by atoms with E-state index in [0.717, 1.165) is 19.5 Å². The van der Waals surface area contributed by atoms with Crippen LogP contribution in [0.4, 0.5) is 10.1 Å². The van der Waals surface area contributed by atoms with Gasteiger partial charge in [-0.25, -0.2) is 4.39 Å². The highest BCUT2D eigenvalue weighted by molar-refractivity contribution is 5.92. The normalized spacial score (nSPS) is 16.2. The smallest absolute Gasteiger partial charge is 0.238 e. The second-order valence-corrected chi connectivity index (χ2v) is 5.65. The molecule has 6 heteroatoms. The molecule has 0 bridgehead atoms. The molecule has 0 aliphatic carbocycles. The molecule has 0 spiro atoms. The third-order valence-electron chi connectivity index (χ3n) is 3.86. The molecule has 22 heavy (non-hydrogen) atoms. The topological polar surface area (TPSA) is 52.7 Å². The number of anilines is 1. The summed E-state index contributed by atoms with van der Waals surface area (Å²) in [6.45, 7) is 6.32. The zero-order valence-electron chi connectivity index (χ0n) is 13.1. The summed E-state index contributed by atoms with van der Waals surface area (Å²) in [5.41, 5.74) is 1.02. The highest BCUT2D eigenvalue weighted by Gasteiger charge is 2.18. The molecule has 1 saturated heterocycles. The van der Waals surface area contributed by atoms with Gasteiger partial charge in [0.25, 0.3) is 0 Å². The van der Waals surface area contributed by atoms with Gasteiger partial charge in [-0.1, -0.05) is 6.07 Å². The van der Waals surface area contributed by atoms with E-state index in [4.69, 9.17) is 0 Å². The molecule has 2 rings (SSSR count). The largest absolute Gasteiger partial charge is 0.342 e. The molecule has 1 fully saturated rings. The summed E-state index contributed by atoms with van der Waals surface area (Å²) in [4.78, 5) is 27.2. The molecule has 1 aliphatic heterocycles. The van der Waals surface area contributed by atoms with E-state index in [-0.39, 0.29) is 24.2 Å². The zero-order chi connectivity index (χ0) is 16.1. The van der Waals surface area contributed by atoms with Crippen molar-refractivity contribution in [3.63, 3.8) is 0 Å². The molecule has 0 unspecified atom stereocenters. The highest BCUT2D eigenvalue weighted by atomic mass is 19.1. The predicted molar refractivity (Wildman–Crippen MR) is 83.1 cm³/mol. The molecule has 1 N–H and O–H groups in total. The van der Waals surface area contributed by atoms with E-state index in [2.05, 4.69) is 5.32 Å². The van der Waals surface area contributed by atoms with Crippen LogP contribution in [0, 0.1) is 12.7 Å². The summed E-state index contributed by atoms with van der Waals surface area (Å²) < 4.78 is 13.5. The number of hydrogen-bond donors (Lipinski definition) is 1. The van der Waals surface area contributed by atoms with E-state index < -0.39 is 0 Å². The Labute approximate surface area is 130 Å². The maximum Gasteiger partial charge on any atom is 0.238 e. The fourth-order valence-corrected chi connectivity index (χ4v) is 2.52. The minimum atomic E-state index is -0.329. The van der Waals surface area contributed by atoms with Crippen LogP contribution in [0.3, 0.4) is 0 Å². The number of carbonyl (C=O) groups excluding carboxylic acids is 2. The van der Waals surface area contributed by atoms with Crippen LogP contribution in [0.5, 0.6) is 0 Å². The second kappa shape index (κ2) is 7.35. The molecule has 0 radical (unpaired) electrons. The number of carbonyl (C=O) groups is 2. The summed E-state index contributed by atoms with van der Waals surface area (Å²) in [7, 11) is 0. The fourth-order valence-electron chi connectivity index (χ4n) is 2.52. The van der Waals surface area contributed by atoms with Gasteiger partial charge < -0.3 is 10.2 Å². The van der Waals surface area contributed by atoms with Crippen LogP contribution in [0.1, 0.15) is 18.9 Å². The Bertz CT molecular complexity index is 562. The van der Waals surface area contributed by atoms with Gasteiger partial charge in [0.15, 0.2) is 0 Å². The van der Waals surface area contributed by atoms with Crippen LogP contribution in [-0.4, -0.2) is 54.3 Å². The van der Waals surface area contributed by atoms with Crippen molar-refractivity contribution < 1.29 is 14.0 Å². The summed E-state index contributed by atoms with van der Waals surface area (Å²) in [5, 5.41) is 2.71. The summed E-state index contributed by atoms with van der Waals surface area (Å²) >= 11 is 0. The van der Waals surface area contributed by atoms with E-state index >= 15 is 0 Å². The van der Waals surface area contributed by atoms with Gasteiger partial charge in [-0.05, 0) is 31.0 Å². The van der Waals surface area contributed by atoms with E-state index in [1.165, 1.54) is 6.07 Å². The van der Waals surface area contributed by atoms with Gasteiger partial charge >= 0.3 is 0 Å². The Morgan fingerprint density at radius 3 is 2.68 bits per heavy atom. The monoisotopic (exact) mass is 307 g/mol. The molecule has 1 aromatic carbocycles. The number of benzene rings is 1. The third kappa shape index (κ3) is 4.53. The molecule has 2 amide bonds. The van der Waals surface area contributed by atoms with Crippen LogP contribution in [-0.2, 0) is 9.59 Å². The third-order valence-corrected chi connectivity index (χ3v) is 3.86. The van der Waals surface area contributed by atoms with Gasteiger partial charge in [0, 0.05) is 38.8 Å². The predicted octanol–water partition coefficient (Wildman–Crippen LogP) is 1.63. The molecule has 1 aromatic rings. The quantitative estimate of drug-likeness (QED) is 0.923. The number of amides is 2. The second-order valence-electron chi connectivity index (χ2n) is 5.65. The molecule has 120 valence electrons. The number of halogens is 1. The van der Waals surface area contributed by atoms with E-state index in [0.29, 0.717) is 24.3 Å². The number of rotatable bonds is 3. The number of hydrogen-bond acceptors (Lipinski definition) is 3. The summed E-state index contributed by atoms with van der Waals surface area (Å²) in [5.74, 6) is -0.425. The molecule has 0 saturated carbocycles. The Balaban J connectivity index is 1.86. The molecular weight excluding hydrogens is 285 g/mol. The summed E-state index contributed by atoms with van der Waals surface area (Å²) in [6, 6.07) is 4.66. The maximum absolute atomic E-state index is 13.5. The van der Waals surface area contributed by atoms with Gasteiger partial charge in [0.05, 0.1) is 6.54 Å². The number of nitrogens with one attached hydrogen (secondary N) is 1. The summed E-state index contributed by atoms with van der Waals surface area (Å²) in [6.07, 6.45) is 0.853. The standard InChI is InChI=1S/C16H22FN3O2/c1-12-4-5-14(10-15(12)17)18-16(22)11-19-6-3-7-20(9-8-19)13(2)21/h4-5,10H,3,6-9,11H2,1-2H3,(H,18,22). The van der Waals surface area contributed by atoms with Crippen molar-refractivity contribution in [2.24, 2.45) is 0 Å². The lowest BCUT2D eigenvalue weighted by atomic mass is 10.2. The minimum Gasteiger partial charge on any atom is -0.342 e. The van der Waals surface area contributed by atoms with Gasteiger partial charge in [0.1, 0.15) is 5.82 Å². The van der Waals surface area contributed by atoms with Gasteiger partial charge in [0.2, 0.25) is 11.8 Å². The molecule has 1 heterocycles. The zero-order valence-corrected chi connectivity index (χ0v) is 13.1. The molecule has 0 aromatic heterocycles. The van der Waals surface area contributed by atoms with Gasteiger partial charge in [-0.3, -0.25) is 14.5 Å². The Kier molecular flexibility index (Phi) is 5.49. The molecule has 1 aliphatic rings. The first-order chi connectivity index (χ1) is 10.5. The minimum absolute atomic E-state index is 0.0708. The van der Waals surface area contributed by atoms with Crippen molar-refractivity contribution in [3.05, 3.63) is 29.6 Å².